The third kappa shape index (κ3) is 1.44. The van der Waals surface area contributed by atoms with E-state index in [1.165, 1.54) is 0 Å². The molecule has 0 bridgehead atoms. The van der Waals surface area contributed by atoms with E-state index < -0.39 is 20.8 Å². The van der Waals surface area contributed by atoms with Crippen molar-refractivity contribution in [2.75, 3.05) is 6.26 Å². The molecule has 6 heteroatoms. The van der Waals surface area contributed by atoms with Crippen molar-refractivity contribution >= 4 is 15.8 Å². The zero-order chi connectivity index (χ0) is 8.58. The minimum absolute atomic E-state index is 0.491. The Morgan fingerprint density at radius 3 is 1.90 bits per heavy atom. The first-order valence-corrected chi connectivity index (χ1v) is 4.20. The minimum Gasteiger partial charge on any atom is -0.478 e. The van der Waals surface area contributed by atoms with Crippen molar-refractivity contribution in [2.24, 2.45) is 0 Å². The monoisotopic (exact) mass is 170 g/mol. The molecule has 0 rings (SSSR count). The van der Waals surface area contributed by atoms with Crippen LogP contribution in [0.15, 0.2) is 0 Å². The summed E-state index contributed by atoms with van der Waals surface area (Å²) in [5, 5.41) is 4.85. The highest BCUT2D eigenvalue weighted by atomic mass is 32.2. The van der Waals surface area contributed by atoms with Crippen LogP contribution in [0.25, 0.3) is 0 Å². The van der Waals surface area contributed by atoms with E-state index in [0.29, 0.717) is 13.2 Å². The van der Waals surface area contributed by atoms with Crippen molar-refractivity contribution in [1.29, 1.82) is 0 Å². The van der Waals surface area contributed by atoms with Crippen LogP contribution in [0.1, 0.15) is 6.92 Å². The lowest BCUT2D eigenvalue weighted by atomic mass is 10.4. The molecule has 0 aliphatic carbocycles. The topological polar surface area (TPSA) is 71.4 Å². The second-order valence-corrected chi connectivity index (χ2v) is 4.31. The van der Waals surface area contributed by atoms with Gasteiger partial charge in [0, 0.05) is 6.26 Å². The van der Waals surface area contributed by atoms with Crippen LogP contribution in [0.4, 0.5) is 4.39 Å². The normalized spacial score (nSPS) is 17.9. The Labute approximate surface area is 57.6 Å². The molecule has 0 radical (unpaired) electrons. The molecule has 0 spiro atoms. The second kappa shape index (κ2) is 2.19. The Hall–Kier alpha value is -0.650. The predicted molar refractivity (Wildman–Crippen MR) is 32.0 cm³/mol. The molecule has 0 aliphatic rings. The van der Waals surface area contributed by atoms with Gasteiger partial charge in [0.15, 0.2) is 9.84 Å². The number of carboxylic acid groups (broad SMARTS) is 1. The molecule has 4 nitrogen and oxygen atoms in total. The molecule has 0 aromatic heterocycles. The van der Waals surface area contributed by atoms with E-state index in [0.717, 1.165) is 0 Å². The molecule has 1 N–H and O–H groups in total. The lowest BCUT2D eigenvalue weighted by molar-refractivity contribution is -0.144. The summed E-state index contributed by atoms with van der Waals surface area (Å²) in [6.45, 7) is 0.491. The van der Waals surface area contributed by atoms with Crippen molar-refractivity contribution in [3.05, 3.63) is 0 Å². The summed E-state index contributed by atoms with van der Waals surface area (Å²) in [4.78, 5) is 9.91. The van der Waals surface area contributed by atoms with E-state index in [1.807, 2.05) is 0 Å². The summed E-state index contributed by atoms with van der Waals surface area (Å²) in [7, 11) is -4.17. The molecule has 0 heterocycles. The van der Waals surface area contributed by atoms with Crippen LogP contribution in [0.5, 0.6) is 0 Å². The predicted octanol–water partition coefficient (Wildman–Crippen LogP) is -0.199. The SMILES string of the molecule is CC(F)(C(=O)O)S(C)(=O)=O. The maximum atomic E-state index is 12.5. The smallest absolute Gasteiger partial charge is 0.357 e. The van der Waals surface area contributed by atoms with Gasteiger partial charge >= 0.3 is 11.0 Å². The quantitative estimate of drug-likeness (QED) is 0.623. The third-order valence-electron chi connectivity index (χ3n) is 1.08. The Morgan fingerprint density at radius 1 is 1.60 bits per heavy atom. The van der Waals surface area contributed by atoms with Crippen LogP contribution < -0.4 is 0 Å². The molecule has 0 saturated carbocycles. The van der Waals surface area contributed by atoms with E-state index in [-0.39, 0.29) is 0 Å². The maximum absolute atomic E-state index is 12.5. The first kappa shape index (κ1) is 9.35. The largest absolute Gasteiger partial charge is 0.478 e. The van der Waals surface area contributed by atoms with Gasteiger partial charge in [-0.2, -0.15) is 0 Å². The number of aliphatic carboxylic acids is 1. The van der Waals surface area contributed by atoms with Crippen molar-refractivity contribution < 1.29 is 22.7 Å². The van der Waals surface area contributed by atoms with Gasteiger partial charge in [-0.3, -0.25) is 0 Å². The maximum Gasteiger partial charge on any atom is 0.357 e. The van der Waals surface area contributed by atoms with Gasteiger partial charge in [0.2, 0.25) is 0 Å². The molecular weight excluding hydrogens is 163 g/mol. The van der Waals surface area contributed by atoms with E-state index in [9.17, 15) is 17.6 Å². The fourth-order valence-corrected chi connectivity index (χ4v) is 0.476. The minimum atomic E-state index is -4.17. The fourth-order valence-electron chi connectivity index (χ4n) is 0.159. The molecule has 10 heavy (non-hydrogen) atoms. The molecular formula is C4H7FO4S. The number of hydrogen-bond donors (Lipinski definition) is 1. The lowest BCUT2D eigenvalue weighted by Crippen LogP contribution is -2.38. The van der Waals surface area contributed by atoms with Crippen LogP contribution in [-0.4, -0.2) is 30.8 Å². The molecule has 1 unspecified atom stereocenters. The van der Waals surface area contributed by atoms with E-state index in [2.05, 4.69) is 0 Å². The number of carbonyl (C=O) groups is 1. The van der Waals surface area contributed by atoms with E-state index in [4.69, 9.17) is 5.11 Å². The Bertz CT molecular complexity index is 240. The zero-order valence-electron chi connectivity index (χ0n) is 5.46. The Morgan fingerprint density at radius 2 is 1.90 bits per heavy atom. The van der Waals surface area contributed by atoms with Gasteiger partial charge in [0.1, 0.15) is 0 Å². The average molecular weight is 170 g/mol. The average Bonchev–Trinajstić information content (AvgIpc) is 1.62. The standard InChI is InChI=1S/C4H7FO4S/c1-4(5,3(6)7)10(2,8)9/h1-2H3,(H,6,7). The molecule has 0 aromatic rings. The van der Waals surface area contributed by atoms with Crippen LogP contribution in [-0.2, 0) is 14.6 Å². The highest BCUT2D eigenvalue weighted by Crippen LogP contribution is 2.17. The van der Waals surface area contributed by atoms with Gasteiger partial charge in [0.25, 0.3) is 0 Å². The fraction of sp³-hybridized carbons (Fsp3) is 0.750. The van der Waals surface area contributed by atoms with Gasteiger partial charge < -0.3 is 5.11 Å². The van der Waals surface area contributed by atoms with Gasteiger partial charge in [-0.05, 0) is 6.92 Å². The van der Waals surface area contributed by atoms with E-state index in [1.54, 1.807) is 0 Å². The Kier molecular flexibility index (Phi) is 2.05. The summed E-state index contributed by atoms with van der Waals surface area (Å²) in [6.07, 6.45) is 0.529. The highest BCUT2D eigenvalue weighted by molar-refractivity contribution is 7.92. The highest BCUT2D eigenvalue weighted by Gasteiger charge is 2.44. The molecule has 0 aliphatic heterocycles. The van der Waals surface area contributed by atoms with Crippen molar-refractivity contribution in [3.8, 4) is 0 Å². The number of sulfone groups is 1. The second-order valence-electron chi connectivity index (χ2n) is 1.99. The molecule has 1 atom stereocenters. The van der Waals surface area contributed by atoms with Gasteiger partial charge in [-0.15, -0.1) is 0 Å². The molecule has 0 saturated heterocycles. The van der Waals surface area contributed by atoms with Crippen molar-refractivity contribution in [2.45, 2.75) is 11.9 Å². The van der Waals surface area contributed by atoms with Gasteiger partial charge in [0.05, 0.1) is 0 Å². The number of halogens is 1. The van der Waals surface area contributed by atoms with Crippen molar-refractivity contribution in [3.63, 3.8) is 0 Å². The number of carboxylic acids is 1. The van der Waals surface area contributed by atoms with Crippen LogP contribution in [0.3, 0.4) is 0 Å². The van der Waals surface area contributed by atoms with Crippen molar-refractivity contribution in [1.82, 2.24) is 0 Å². The zero-order valence-corrected chi connectivity index (χ0v) is 6.27. The summed E-state index contributed by atoms with van der Waals surface area (Å²) in [5.41, 5.74) is 0. The first-order chi connectivity index (χ1) is 4.19. The molecule has 0 fully saturated rings. The summed E-state index contributed by atoms with van der Waals surface area (Å²) in [5.74, 6) is -1.99. The van der Waals surface area contributed by atoms with Crippen LogP contribution in [0, 0.1) is 0 Å². The third-order valence-corrected chi connectivity index (χ3v) is 2.65. The number of alkyl halides is 1. The molecule has 60 valence electrons. The van der Waals surface area contributed by atoms with Gasteiger partial charge in [-0.25, -0.2) is 17.6 Å². The van der Waals surface area contributed by atoms with Gasteiger partial charge in [-0.1, -0.05) is 0 Å². The summed E-state index contributed by atoms with van der Waals surface area (Å²) < 4.78 is 33.2. The summed E-state index contributed by atoms with van der Waals surface area (Å²) in [6, 6.07) is 0. The van der Waals surface area contributed by atoms with E-state index >= 15 is 0 Å². The van der Waals surface area contributed by atoms with Crippen LogP contribution >= 0.6 is 0 Å². The molecule has 0 aromatic carbocycles. The number of rotatable bonds is 2. The molecule has 0 amide bonds. The first-order valence-electron chi connectivity index (χ1n) is 2.31. The lowest BCUT2D eigenvalue weighted by Gasteiger charge is -2.10. The summed E-state index contributed by atoms with van der Waals surface area (Å²) >= 11 is 0. The Balaban J connectivity index is 4.95. The van der Waals surface area contributed by atoms with Crippen LogP contribution in [0.2, 0.25) is 0 Å². The number of hydrogen-bond acceptors (Lipinski definition) is 3.